The topological polar surface area (TPSA) is 110 Å². The number of rotatable bonds is 6. The van der Waals surface area contributed by atoms with Crippen LogP contribution in [-0.2, 0) is 4.57 Å². The minimum Gasteiger partial charge on any atom is -0.341 e. The fraction of sp³-hybridized carbons (Fsp3) is 0.130. The molecule has 0 saturated carbocycles. The highest BCUT2D eigenvalue weighted by atomic mass is 31.2. The number of carbonyl (C=O) groups excluding carboxylic acids is 1. The third-order valence-electron chi connectivity index (χ3n) is 5.08. The second-order valence-electron chi connectivity index (χ2n) is 7.80. The van der Waals surface area contributed by atoms with Crippen LogP contribution in [0.4, 0.5) is 4.39 Å². The Balaban J connectivity index is 1.67. The van der Waals surface area contributed by atoms with Gasteiger partial charge in [0.2, 0.25) is 5.95 Å². The molecule has 0 aliphatic rings. The second-order valence-corrected chi connectivity index (χ2v) is 11.0. The molecule has 2 aromatic heterocycles. The Labute approximate surface area is 188 Å². The molecule has 0 saturated heterocycles. The molecule has 10 heteroatoms. The summed E-state index contributed by atoms with van der Waals surface area (Å²) >= 11 is 0. The van der Waals surface area contributed by atoms with E-state index in [9.17, 15) is 18.5 Å². The van der Waals surface area contributed by atoms with Crippen molar-refractivity contribution in [3.05, 3.63) is 106 Å². The number of benzene rings is 2. The van der Waals surface area contributed by atoms with Crippen LogP contribution in [0.1, 0.15) is 27.5 Å². The quantitative estimate of drug-likeness (QED) is 0.426. The Morgan fingerprint density at radius 1 is 1.09 bits per heavy atom. The van der Waals surface area contributed by atoms with Crippen LogP contribution in [0.5, 0.6) is 0 Å². The molecule has 33 heavy (non-hydrogen) atoms. The van der Waals surface area contributed by atoms with E-state index in [0.29, 0.717) is 16.4 Å². The molecule has 0 radical (unpaired) electrons. The van der Waals surface area contributed by atoms with E-state index in [1.54, 1.807) is 62.0 Å². The molecule has 1 atom stereocenters. The minimum atomic E-state index is -2.45. The zero-order valence-corrected chi connectivity index (χ0v) is 18.8. The van der Waals surface area contributed by atoms with Gasteiger partial charge >= 0.3 is 0 Å². The molecular formula is C23H21FN5O3P. The van der Waals surface area contributed by atoms with E-state index in [1.807, 2.05) is 0 Å². The summed E-state index contributed by atoms with van der Waals surface area (Å²) in [5.41, 5.74) is 0.497. The average molecular weight is 465 g/mol. The summed E-state index contributed by atoms with van der Waals surface area (Å²) in [6.45, 7) is 3.35. The molecule has 0 unspecified atom stereocenters. The maximum absolute atomic E-state index is 13.5. The number of nitrogens with one attached hydrogen (secondary N) is 2. The van der Waals surface area contributed by atoms with Gasteiger partial charge in [-0.25, -0.2) is 14.1 Å². The zero-order valence-electron chi connectivity index (χ0n) is 17.9. The van der Waals surface area contributed by atoms with Gasteiger partial charge in [0.1, 0.15) is 18.5 Å². The maximum atomic E-state index is 13.5. The van der Waals surface area contributed by atoms with Crippen LogP contribution in [0.2, 0.25) is 0 Å². The highest BCUT2D eigenvalue weighted by Crippen LogP contribution is 2.35. The molecule has 2 N–H and O–H groups in total. The third-order valence-corrected chi connectivity index (χ3v) is 6.62. The summed E-state index contributed by atoms with van der Waals surface area (Å²) < 4.78 is 27.2. The highest BCUT2D eigenvalue weighted by molar-refractivity contribution is 7.70. The van der Waals surface area contributed by atoms with Crippen molar-refractivity contribution in [1.29, 1.82) is 0 Å². The number of amides is 1. The van der Waals surface area contributed by atoms with Crippen molar-refractivity contribution in [3.8, 4) is 5.95 Å². The van der Waals surface area contributed by atoms with Gasteiger partial charge in [-0.15, -0.1) is 0 Å². The van der Waals surface area contributed by atoms with E-state index in [4.69, 9.17) is 0 Å². The van der Waals surface area contributed by atoms with Crippen molar-refractivity contribution in [2.75, 3.05) is 13.3 Å². The van der Waals surface area contributed by atoms with Gasteiger partial charge in [0.15, 0.2) is 0 Å². The number of halogens is 1. The van der Waals surface area contributed by atoms with Gasteiger partial charge in [-0.05, 0) is 42.7 Å². The van der Waals surface area contributed by atoms with Gasteiger partial charge in [-0.3, -0.25) is 14.6 Å². The summed E-state index contributed by atoms with van der Waals surface area (Å²) in [4.78, 5) is 32.2. The van der Waals surface area contributed by atoms with Crippen LogP contribution in [0.25, 0.3) is 5.95 Å². The molecule has 0 bridgehead atoms. The van der Waals surface area contributed by atoms with Crippen molar-refractivity contribution in [1.82, 2.24) is 25.1 Å². The lowest BCUT2D eigenvalue weighted by Crippen LogP contribution is -2.34. The molecule has 4 rings (SSSR count). The molecule has 1 amide bonds. The van der Waals surface area contributed by atoms with Gasteiger partial charge in [-0.2, -0.15) is 5.10 Å². The lowest BCUT2D eigenvalue weighted by Gasteiger charge is -2.20. The summed E-state index contributed by atoms with van der Waals surface area (Å²) in [5.74, 6) is -0.881. The molecule has 2 heterocycles. The normalized spacial score (nSPS) is 12.3. The van der Waals surface area contributed by atoms with Crippen molar-refractivity contribution in [2.24, 2.45) is 0 Å². The molecular weight excluding hydrogens is 444 g/mol. The van der Waals surface area contributed by atoms with Crippen molar-refractivity contribution < 1.29 is 13.8 Å². The number of carbonyl (C=O) groups is 1. The van der Waals surface area contributed by atoms with E-state index >= 15 is 0 Å². The van der Waals surface area contributed by atoms with Gasteiger partial charge < -0.3 is 9.88 Å². The van der Waals surface area contributed by atoms with Gasteiger partial charge in [0.05, 0.1) is 6.04 Å². The summed E-state index contributed by atoms with van der Waals surface area (Å²) in [5, 5.41) is 7.52. The lowest BCUT2D eigenvalue weighted by atomic mass is 9.98. The van der Waals surface area contributed by atoms with Crippen LogP contribution in [0.3, 0.4) is 0 Å². The Morgan fingerprint density at radius 3 is 2.27 bits per heavy atom. The Morgan fingerprint density at radius 2 is 1.73 bits per heavy atom. The molecule has 0 aliphatic heterocycles. The maximum Gasteiger partial charge on any atom is 0.265 e. The SMILES string of the molecule is CP(C)(=O)c1ccc([C@@H](NC(=O)c2cnc(-n3cccn3)[nH]c2=O)c2ccc(F)cc2)cc1. The highest BCUT2D eigenvalue weighted by Gasteiger charge is 2.21. The van der Waals surface area contributed by atoms with Gasteiger partial charge in [0, 0.05) is 23.9 Å². The molecule has 0 spiro atoms. The number of nitrogens with zero attached hydrogens (tertiary/aromatic N) is 3. The minimum absolute atomic E-state index is 0.177. The Hall–Kier alpha value is -3.84. The summed E-state index contributed by atoms with van der Waals surface area (Å²) in [6.07, 6.45) is 4.33. The Kier molecular flexibility index (Phi) is 6.07. The fourth-order valence-electron chi connectivity index (χ4n) is 3.31. The zero-order chi connectivity index (χ0) is 23.6. The second kappa shape index (κ2) is 8.96. The summed E-state index contributed by atoms with van der Waals surface area (Å²) in [7, 11) is -2.45. The largest absolute Gasteiger partial charge is 0.341 e. The number of H-pyrrole nitrogens is 1. The third kappa shape index (κ3) is 4.99. The first-order chi connectivity index (χ1) is 15.7. The molecule has 4 aromatic rings. The average Bonchev–Trinajstić information content (AvgIpc) is 3.32. The standard InChI is InChI=1S/C23H21FN5O3P/c1-33(2,32)18-10-6-16(7-11-18)20(15-4-8-17(24)9-5-15)27-21(30)19-14-25-23(28-22(19)31)29-13-3-12-26-29/h3-14,20H,1-2H3,(H,27,30)(H,25,28,31)/t20-/m0/s1. The van der Waals surface area contributed by atoms with E-state index in [1.165, 1.54) is 29.2 Å². The van der Waals surface area contributed by atoms with E-state index in [-0.39, 0.29) is 11.5 Å². The molecule has 0 fully saturated rings. The number of hydrogen-bond donors (Lipinski definition) is 2. The Bertz CT molecular complexity index is 1380. The molecule has 0 aliphatic carbocycles. The van der Waals surface area contributed by atoms with Crippen LogP contribution < -0.4 is 16.2 Å². The monoisotopic (exact) mass is 465 g/mol. The smallest absolute Gasteiger partial charge is 0.265 e. The van der Waals surface area contributed by atoms with Crippen LogP contribution in [-0.4, -0.2) is 39.0 Å². The predicted octanol–water partition coefficient (Wildman–Crippen LogP) is 2.86. The number of aromatic amines is 1. The number of hydrogen-bond acceptors (Lipinski definition) is 5. The number of aromatic nitrogens is 4. The van der Waals surface area contributed by atoms with E-state index in [0.717, 1.165) is 0 Å². The van der Waals surface area contributed by atoms with Crippen molar-refractivity contribution in [2.45, 2.75) is 6.04 Å². The van der Waals surface area contributed by atoms with Crippen LogP contribution >= 0.6 is 7.14 Å². The van der Waals surface area contributed by atoms with Crippen molar-refractivity contribution >= 4 is 18.4 Å². The van der Waals surface area contributed by atoms with Crippen LogP contribution in [0.15, 0.2) is 78.0 Å². The molecule has 8 nitrogen and oxygen atoms in total. The fourth-order valence-corrected chi connectivity index (χ4v) is 4.17. The first-order valence-corrected chi connectivity index (χ1v) is 12.6. The van der Waals surface area contributed by atoms with E-state index in [2.05, 4.69) is 20.4 Å². The first-order valence-electron chi connectivity index (χ1n) is 10.0. The summed E-state index contributed by atoms with van der Waals surface area (Å²) in [6, 6.07) is 13.7. The van der Waals surface area contributed by atoms with Crippen LogP contribution in [0, 0.1) is 5.82 Å². The van der Waals surface area contributed by atoms with Crippen molar-refractivity contribution in [3.63, 3.8) is 0 Å². The molecule has 168 valence electrons. The lowest BCUT2D eigenvalue weighted by molar-refractivity contribution is 0.0941. The van der Waals surface area contributed by atoms with Gasteiger partial charge in [-0.1, -0.05) is 36.4 Å². The van der Waals surface area contributed by atoms with E-state index < -0.39 is 30.5 Å². The molecule has 2 aromatic carbocycles. The van der Waals surface area contributed by atoms with Gasteiger partial charge in [0.25, 0.3) is 11.5 Å². The predicted molar refractivity (Wildman–Crippen MR) is 123 cm³/mol. The first kappa shape index (κ1) is 22.4.